The van der Waals surface area contributed by atoms with Crippen LogP contribution in [0.3, 0.4) is 0 Å². The van der Waals surface area contributed by atoms with Gasteiger partial charge in [-0.05, 0) is 41.5 Å². The fraction of sp³-hybridized carbons (Fsp3) is 0.231. The first kappa shape index (κ1) is 21.1. The van der Waals surface area contributed by atoms with E-state index in [2.05, 4.69) is 46.2 Å². The average Bonchev–Trinajstić information content (AvgIpc) is 3.25. The standard InChI is InChI=1S/C26H23N3O4S/c30-29(31)20-6-8-25-19(14-20)15-22(21-3-1-2-4-26(21)34-25)28-11-9-27(10-12-28)16-18-5-7-23-24(13-18)33-17-32-23/h1-8,13-15H,9-12,16-17H2. The summed E-state index contributed by atoms with van der Waals surface area (Å²) in [5.41, 5.74) is 4.54. The summed E-state index contributed by atoms with van der Waals surface area (Å²) in [6.45, 7) is 4.80. The number of non-ortho nitro benzene ring substituents is 1. The van der Waals surface area contributed by atoms with Crippen molar-refractivity contribution in [1.29, 1.82) is 0 Å². The molecule has 3 aromatic carbocycles. The zero-order chi connectivity index (χ0) is 23.1. The molecule has 1 fully saturated rings. The molecular formula is C26H23N3O4S. The first-order chi connectivity index (χ1) is 16.6. The maximum absolute atomic E-state index is 11.4. The van der Waals surface area contributed by atoms with Crippen LogP contribution in [-0.4, -0.2) is 47.7 Å². The van der Waals surface area contributed by atoms with E-state index in [9.17, 15) is 10.1 Å². The summed E-state index contributed by atoms with van der Waals surface area (Å²) in [7, 11) is 0. The molecule has 3 aromatic rings. The van der Waals surface area contributed by atoms with Crippen molar-refractivity contribution in [2.24, 2.45) is 0 Å². The van der Waals surface area contributed by atoms with Crippen molar-refractivity contribution in [3.05, 3.63) is 87.5 Å². The smallest absolute Gasteiger partial charge is 0.270 e. The summed E-state index contributed by atoms with van der Waals surface area (Å²) < 4.78 is 10.9. The molecule has 0 amide bonds. The number of benzene rings is 3. The van der Waals surface area contributed by atoms with E-state index in [0.717, 1.165) is 60.4 Å². The number of rotatable bonds is 4. The molecule has 3 aliphatic rings. The third-order valence-electron chi connectivity index (χ3n) is 6.44. The van der Waals surface area contributed by atoms with E-state index in [1.165, 1.54) is 16.0 Å². The van der Waals surface area contributed by atoms with Crippen LogP contribution >= 0.6 is 11.8 Å². The number of nitro benzene ring substituents is 1. The van der Waals surface area contributed by atoms with Crippen molar-refractivity contribution in [3.8, 4) is 11.5 Å². The molecule has 0 spiro atoms. The molecule has 1 saturated heterocycles. The lowest BCUT2D eigenvalue weighted by atomic mass is 10.1. The largest absolute Gasteiger partial charge is 0.454 e. The normalized spacial score (nSPS) is 16.9. The summed E-state index contributed by atoms with van der Waals surface area (Å²) >= 11 is 1.67. The highest BCUT2D eigenvalue weighted by molar-refractivity contribution is 7.99. The van der Waals surface area contributed by atoms with E-state index in [0.29, 0.717) is 6.79 Å². The molecule has 0 unspecified atom stereocenters. The summed E-state index contributed by atoms with van der Waals surface area (Å²) in [6, 6.07) is 19.7. The molecule has 0 aromatic heterocycles. The zero-order valence-corrected chi connectivity index (χ0v) is 19.3. The lowest BCUT2D eigenvalue weighted by molar-refractivity contribution is -0.384. The molecule has 8 heteroatoms. The van der Waals surface area contributed by atoms with Gasteiger partial charge in [0.1, 0.15) is 0 Å². The van der Waals surface area contributed by atoms with Crippen molar-refractivity contribution in [2.45, 2.75) is 16.3 Å². The molecule has 0 aliphatic carbocycles. The van der Waals surface area contributed by atoms with Gasteiger partial charge in [-0.15, -0.1) is 0 Å². The number of piperazine rings is 1. The summed E-state index contributed by atoms with van der Waals surface area (Å²) in [6.07, 6.45) is 2.12. The van der Waals surface area contributed by atoms with Gasteiger partial charge in [0.2, 0.25) is 6.79 Å². The fourth-order valence-electron chi connectivity index (χ4n) is 4.67. The van der Waals surface area contributed by atoms with Gasteiger partial charge >= 0.3 is 0 Å². The first-order valence-electron chi connectivity index (χ1n) is 11.3. The fourth-order valence-corrected chi connectivity index (χ4v) is 5.71. The van der Waals surface area contributed by atoms with Gasteiger partial charge in [0.25, 0.3) is 5.69 Å². The average molecular weight is 474 g/mol. The van der Waals surface area contributed by atoms with Crippen molar-refractivity contribution < 1.29 is 14.4 Å². The third-order valence-corrected chi connectivity index (χ3v) is 7.60. The van der Waals surface area contributed by atoms with E-state index in [-0.39, 0.29) is 10.6 Å². The van der Waals surface area contributed by atoms with Gasteiger partial charge in [-0.25, -0.2) is 0 Å². The van der Waals surface area contributed by atoms with Crippen LogP contribution in [0.4, 0.5) is 5.69 Å². The Kier molecular flexibility index (Phi) is 5.39. The van der Waals surface area contributed by atoms with Crippen LogP contribution in [-0.2, 0) is 6.54 Å². The minimum atomic E-state index is -0.328. The Hall–Kier alpha value is -3.49. The highest BCUT2D eigenvalue weighted by atomic mass is 32.2. The molecule has 0 N–H and O–H groups in total. The topological polar surface area (TPSA) is 68.1 Å². The summed E-state index contributed by atoms with van der Waals surface area (Å²) in [5, 5.41) is 11.4. The van der Waals surface area contributed by atoms with Crippen LogP contribution in [0.2, 0.25) is 0 Å². The van der Waals surface area contributed by atoms with Crippen LogP contribution < -0.4 is 9.47 Å². The van der Waals surface area contributed by atoms with Crippen molar-refractivity contribution in [1.82, 2.24) is 9.80 Å². The second-order valence-corrected chi connectivity index (χ2v) is 9.64. The molecule has 34 heavy (non-hydrogen) atoms. The van der Waals surface area contributed by atoms with E-state index in [1.807, 2.05) is 18.2 Å². The summed E-state index contributed by atoms with van der Waals surface area (Å²) in [5.74, 6) is 1.63. The van der Waals surface area contributed by atoms with Gasteiger partial charge in [-0.1, -0.05) is 36.0 Å². The van der Waals surface area contributed by atoms with Crippen LogP contribution in [0.15, 0.2) is 70.5 Å². The Labute approximate surface area is 201 Å². The van der Waals surface area contributed by atoms with Crippen molar-refractivity contribution in [3.63, 3.8) is 0 Å². The molecule has 0 radical (unpaired) electrons. The minimum Gasteiger partial charge on any atom is -0.454 e. The molecular weight excluding hydrogens is 450 g/mol. The number of hydrogen-bond donors (Lipinski definition) is 0. The second kappa shape index (κ2) is 8.70. The number of ether oxygens (including phenoxy) is 2. The molecule has 0 saturated carbocycles. The molecule has 172 valence electrons. The molecule has 0 bridgehead atoms. The van der Waals surface area contributed by atoms with E-state index < -0.39 is 0 Å². The molecule has 3 heterocycles. The van der Waals surface area contributed by atoms with E-state index in [1.54, 1.807) is 23.9 Å². The Morgan fingerprint density at radius 3 is 2.59 bits per heavy atom. The van der Waals surface area contributed by atoms with E-state index >= 15 is 0 Å². The second-order valence-electron chi connectivity index (χ2n) is 8.56. The highest BCUT2D eigenvalue weighted by Crippen LogP contribution is 2.42. The lowest BCUT2D eigenvalue weighted by Gasteiger charge is -2.37. The van der Waals surface area contributed by atoms with Crippen molar-refractivity contribution >= 4 is 29.2 Å². The minimum absolute atomic E-state index is 0.120. The van der Waals surface area contributed by atoms with Gasteiger partial charge in [0.05, 0.1) is 4.92 Å². The lowest BCUT2D eigenvalue weighted by Crippen LogP contribution is -2.44. The molecule has 7 nitrogen and oxygen atoms in total. The Morgan fingerprint density at radius 1 is 0.912 bits per heavy atom. The Bertz CT molecular complexity index is 1300. The Balaban J connectivity index is 1.24. The quantitative estimate of drug-likeness (QED) is 0.386. The zero-order valence-electron chi connectivity index (χ0n) is 18.5. The van der Waals surface area contributed by atoms with Gasteiger partial charge < -0.3 is 14.4 Å². The predicted molar refractivity (Wildman–Crippen MR) is 131 cm³/mol. The van der Waals surface area contributed by atoms with E-state index in [4.69, 9.17) is 9.47 Å². The maximum atomic E-state index is 11.4. The number of nitrogens with zero attached hydrogens (tertiary/aromatic N) is 3. The monoisotopic (exact) mass is 473 g/mol. The predicted octanol–water partition coefficient (Wildman–Crippen LogP) is 5.10. The SMILES string of the molecule is O=[N+]([O-])c1ccc2c(c1)C=C(N1CCN(Cc3ccc4c(c3)OCO4)CC1)c1ccccc1S2. The first-order valence-corrected chi connectivity index (χ1v) is 12.1. The molecule has 0 atom stereocenters. The van der Waals surface area contributed by atoms with Crippen LogP contribution in [0.1, 0.15) is 16.7 Å². The number of fused-ring (bicyclic) bond motifs is 3. The molecule has 3 aliphatic heterocycles. The van der Waals surface area contributed by atoms with Gasteiger partial charge in [-0.3, -0.25) is 15.0 Å². The van der Waals surface area contributed by atoms with Crippen LogP contribution in [0.25, 0.3) is 11.8 Å². The molecule has 6 rings (SSSR count). The Morgan fingerprint density at radius 2 is 1.74 bits per heavy atom. The third kappa shape index (κ3) is 3.99. The highest BCUT2D eigenvalue weighted by Gasteiger charge is 2.25. The summed E-state index contributed by atoms with van der Waals surface area (Å²) in [4.78, 5) is 18.1. The number of hydrogen-bond acceptors (Lipinski definition) is 7. The van der Waals surface area contributed by atoms with Gasteiger partial charge in [-0.2, -0.15) is 0 Å². The van der Waals surface area contributed by atoms with Gasteiger partial charge in [0.15, 0.2) is 11.5 Å². The maximum Gasteiger partial charge on any atom is 0.270 e. The number of nitro groups is 1. The van der Waals surface area contributed by atoms with Crippen LogP contribution in [0.5, 0.6) is 11.5 Å². The van der Waals surface area contributed by atoms with Gasteiger partial charge in [0, 0.05) is 65.9 Å². The van der Waals surface area contributed by atoms with Crippen LogP contribution in [0, 0.1) is 10.1 Å². The van der Waals surface area contributed by atoms with Crippen molar-refractivity contribution in [2.75, 3.05) is 33.0 Å².